The van der Waals surface area contributed by atoms with Gasteiger partial charge >= 0.3 is 0 Å². The summed E-state index contributed by atoms with van der Waals surface area (Å²) in [5.74, 6) is 0.652. The van der Waals surface area contributed by atoms with E-state index in [2.05, 4.69) is 68.1 Å². The lowest BCUT2D eigenvalue weighted by Crippen LogP contribution is -2.54. The van der Waals surface area contributed by atoms with Crippen LogP contribution in [0.5, 0.6) is 0 Å². The van der Waals surface area contributed by atoms with Crippen molar-refractivity contribution in [3.8, 4) is 0 Å². The number of hydrogen-bond donors (Lipinski definition) is 5. The van der Waals surface area contributed by atoms with Crippen molar-refractivity contribution in [2.75, 3.05) is 13.1 Å². The lowest BCUT2D eigenvalue weighted by atomic mass is 10.0. The minimum atomic E-state index is -0.721. The van der Waals surface area contributed by atoms with Crippen LogP contribution in [0.1, 0.15) is 145 Å². The van der Waals surface area contributed by atoms with E-state index in [1.807, 2.05) is 13.8 Å². The van der Waals surface area contributed by atoms with Crippen molar-refractivity contribution >= 4 is 23.6 Å². The molecule has 0 spiro atoms. The molecule has 0 heterocycles. The third-order valence-corrected chi connectivity index (χ3v) is 7.30. The second kappa shape index (κ2) is 25.2. The first-order valence-corrected chi connectivity index (χ1v) is 17.2. The van der Waals surface area contributed by atoms with E-state index >= 15 is 0 Å². The first kappa shape index (κ1) is 40.8. The average molecular weight is 610 g/mol. The zero-order chi connectivity index (χ0) is 32.6. The summed E-state index contributed by atoms with van der Waals surface area (Å²) in [5.41, 5.74) is 0. The highest BCUT2D eigenvalue weighted by Crippen LogP contribution is 2.11. The summed E-state index contributed by atoms with van der Waals surface area (Å²) < 4.78 is 0. The summed E-state index contributed by atoms with van der Waals surface area (Å²) in [5, 5.41) is 15.2. The van der Waals surface area contributed by atoms with Crippen molar-refractivity contribution < 1.29 is 19.2 Å². The quantitative estimate of drug-likeness (QED) is 0.0843. The van der Waals surface area contributed by atoms with Gasteiger partial charge in [-0.25, -0.2) is 0 Å². The van der Waals surface area contributed by atoms with Crippen LogP contribution in [0.2, 0.25) is 0 Å². The third-order valence-electron chi connectivity index (χ3n) is 7.30. The Kier molecular flexibility index (Phi) is 23.9. The predicted molar refractivity (Wildman–Crippen MR) is 178 cm³/mol. The molecule has 0 bridgehead atoms. The van der Waals surface area contributed by atoms with Crippen LogP contribution < -0.4 is 26.6 Å². The van der Waals surface area contributed by atoms with Gasteiger partial charge in [0.05, 0.1) is 0 Å². The van der Waals surface area contributed by atoms with Crippen molar-refractivity contribution in [1.29, 1.82) is 0 Å². The van der Waals surface area contributed by atoms with E-state index in [-0.39, 0.29) is 29.7 Å². The minimum absolute atomic E-state index is 0.0405. The SMILES string of the molecule is CC(C)CCCCC(=O)NCCCCC(NC(=O)CCCCC(C)C)C(=O)NC(CCCCNC(C)C)C(=O)NC(C)C. The van der Waals surface area contributed by atoms with Crippen LogP contribution in [0.15, 0.2) is 0 Å². The third kappa shape index (κ3) is 24.9. The van der Waals surface area contributed by atoms with Crippen LogP contribution in [-0.2, 0) is 19.2 Å². The van der Waals surface area contributed by atoms with Crippen LogP contribution in [0.4, 0.5) is 0 Å². The number of nitrogens with one attached hydrogen (secondary N) is 5. The maximum atomic E-state index is 13.5. The Bertz CT molecular complexity index is 770. The van der Waals surface area contributed by atoms with E-state index < -0.39 is 12.1 Å². The molecule has 0 aliphatic carbocycles. The average Bonchev–Trinajstić information content (AvgIpc) is 2.90. The van der Waals surface area contributed by atoms with Gasteiger partial charge in [-0.2, -0.15) is 0 Å². The minimum Gasteiger partial charge on any atom is -0.356 e. The Labute approximate surface area is 263 Å². The Morgan fingerprint density at radius 1 is 0.465 bits per heavy atom. The van der Waals surface area contributed by atoms with E-state index in [0.29, 0.717) is 62.9 Å². The molecule has 0 aliphatic rings. The lowest BCUT2D eigenvalue weighted by Gasteiger charge is -2.24. The van der Waals surface area contributed by atoms with Crippen molar-refractivity contribution in [3.05, 3.63) is 0 Å². The van der Waals surface area contributed by atoms with E-state index in [0.717, 1.165) is 57.9 Å². The topological polar surface area (TPSA) is 128 Å². The van der Waals surface area contributed by atoms with Gasteiger partial charge in [-0.3, -0.25) is 19.2 Å². The molecule has 9 heteroatoms. The molecule has 0 aromatic heterocycles. The van der Waals surface area contributed by atoms with Gasteiger partial charge in [0.1, 0.15) is 12.1 Å². The normalized spacial score (nSPS) is 12.9. The van der Waals surface area contributed by atoms with Gasteiger partial charge in [-0.05, 0) is 83.6 Å². The van der Waals surface area contributed by atoms with Crippen molar-refractivity contribution in [1.82, 2.24) is 26.6 Å². The summed E-state index contributed by atoms with van der Waals surface area (Å²) in [4.78, 5) is 51.3. The smallest absolute Gasteiger partial charge is 0.243 e. The Morgan fingerprint density at radius 3 is 1.44 bits per heavy atom. The van der Waals surface area contributed by atoms with E-state index in [1.54, 1.807) is 0 Å². The highest BCUT2D eigenvalue weighted by atomic mass is 16.2. The highest BCUT2D eigenvalue weighted by Gasteiger charge is 2.26. The fourth-order valence-electron chi connectivity index (χ4n) is 4.79. The molecular weight excluding hydrogens is 542 g/mol. The van der Waals surface area contributed by atoms with Crippen molar-refractivity contribution in [2.45, 2.75) is 169 Å². The number of unbranched alkanes of at least 4 members (excludes halogenated alkanes) is 4. The standard InChI is InChI=1S/C34H67N5O4/c1-25(2)17-9-11-21-31(40)36-24-16-14-19-29(38-32(41)22-12-10-18-26(3)4)34(43)39-30(33(42)37-28(7)8)20-13-15-23-35-27(5)6/h25-30,35H,9-24H2,1-8H3,(H,36,40)(H,37,42)(H,38,41)(H,39,43). The van der Waals surface area contributed by atoms with Crippen LogP contribution in [-0.4, -0.2) is 60.9 Å². The molecule has 9 nitrogen and oxygen atoms in total. The van der Waals surface area contributed by atoms with Gasteiger partial charge in [0.15, 0.2) is 0 Å². The van der Waals surface area contributed by atoms with E-state index in [4.69, 9.17) is 0 Å². The number of hydrogen-bond acceptors (Lipinski definition) is 5. The fraction of sp³-hybridized carbons (Fsp3) is 0.882. The summed E-state index contributed by atoms with van der Waals surface area (Å²) in [7, 11) is 0. The first-order chi connectivity index (χ1) is 20.3. The molecule has 0 aliphatic heterocycles. The second-order valence-electron chi connectivity index (χ2n) is 13.6. The molecule has 5 N–H and O–H groups in total. The molecule has 0 saturated carbocycles. The Hall–Kier alpha value is -2.16. The Balaban J connectivity index is 5.09. The summed E-state index contributed by atoms with van der Waals surface area (Å²) in [6.07, 6.45) is 10.9. The fourth-order valence-corrected chi connectivity index (χ4v) is 4.79. The highest BCUT2D eigenvalue weighted by molar-refractivity contribution is 5.92. The van der Waals surface area contributed by atoms with Gasteiger partial charge < -0.3 is 26.6 Å². The first-order valence-electron chi connectivity index (χ1n) is 17.2. The molecule has 43 heavy (non-hydrogen) atoms. The molecule has 2 atom stereocenters. The van der Waals surface area contributed by atoms with E-state index in [9.17, 15) is 19.2 Å². The molecule has 0 saturated heterocycles. The number of carbonyl (C=O) groups is 4. The maximum Gasteiger partial charge on any atom is 0.243 e. The molecule has 0 radical (unpaired) electrons. The monoisotopic (exact) mass is 610 g/mol. The van der Waals surface area contributed by atoms with E-state index in [1.165, 1.54) is 0 Å². The van der Waals surface area contributed by atoms with Crippen LogP contribution in [0.3, 0.4) is 0 Å². The molecule has 0 aromatic rings. The van der Waals surface area contributed by atoms with Crippen LogP contribution >= 0.6 is 0 Å². The van der Waals surface area contributed by atoms with Gasteiger partial charge in [0.2, 0.25) is 23.6 Å². The second-order valence-corrected chi connectivity index (χ2v) is 13.6. The molecule has 2 unspecified atom stereocenters. The molecule has 0 aromatic carbocycles. The van der Waals surface area contributed by atoms with Gasteiger partial charge in [0.25, 0.3) is 0 Å². The number of rotatable bonds is 26. The number of carbonyl (C=O) groups excluding carboxylic acids is 4. The van der Waals surface area contributed by atoms with Gasteiger partial charge in [0, 0.05) is 31.5 Å². The summed E-state index contributed by atoms with van der Waals surface area (Å²) in [6.45, 7) is 18.1. The number of amides is 4. The predicted octanol–water partition coefficient (Wildman–Crippen LogP) is 5.37. The molecular formula is C34H67N5O4. The van der Waals surface area contributed by atoms with Crippen molar-refractivity contribution in [2.24, 2.45) is 11.8 Å². The molecule has 0 rings (SSSR count). The Morgan fingerprint density at radius 2 is 0.930 bits per heavy atom. The zero-order valence-corrected chi connectivity index (χ0v) is 28.9. The summed E-state index contributed by atoms with van der Waals surface area (Å²) in [6, 6.07) is -1.02. The van der Waals surface area contributed by atoms with Crippen LogP contribution in [0.25, 0.3) is 0 Å². The lowest BCUT2D eigenvalue weighted by molar-refractivity contribution is -0.132. The zero-order valence-electron chi connectivity index (χ0n) is 28.9. The summed E-state index contributed by atoms with van der Waals surface area (Å²) >= 11 is 0. The van der Waals surface area contributed by atoms with Gasteiger partial charge in [-0.1, -0.05) is 67.2 Å². The van der Waals surface area contributed by atoms with Crippen molar-refractivity contribution in [3.63, 3.8) is 0 Å². The molecule has 4 amide bonds. The molecule has 252 valence electrons. The maximum absolute atomic E-state index is 13.5. The van der Waals surface area contributed by atoms with Crippen LogP contribution in [0, 0.1) is 11.8 Å². The molecule has 0 fully saturated rings. The largest absolute Gasteiger partial charge is 0.356 e. The van der Waals surface area contributed by atoms with Gasteiger partial charge in [-0.15, -0.1) is 0 Å².